The van der Waals surface area contributed by atoms with Gasteiger partial charge in [0.2, 0.25) is 11.6 Å². The summed E-state index contributed by atoms with van der Waals surface area (Å²) in [5, 5.41) is 0.901. The Labute approximate surface area is 80.5 Å². The summed E-state index contributed by atoms with van der Waals surface area (Å²) in [6.45, 7) is 3.17. The van der Waals surface area contributed by atoms with Crippen LogP contribution in [0.3, 0.4) is 0 Å². The fourth-order valence-electron chi connectivity index (χ4n) is 1.23. The average molecular weight is 191 g/mol. The maximum absolute atomic E-state index is 10.7. The Morgan fingerprint density at radius 2 is 2.29 bits per heavy atom. The number of esters is 1. The van der Waals surface area contributed by atoms with E-state index in [9.17, 15) is 4.79 Å². The van der Waals surface area contributed by atoms with Crippen LogP contribution in [0.15, 0.2) is 22.6 Å². The van der Waals surface area contributed by atoms with E-state index in [2.05, 4.69) is 4.98 Å². The number of aromatic nitrogens is 1. The van der Waals surface area contributed by atoms with Crippen molar-refractivity contribution in [2.45, 2.75) is 13.8 Å². The summed E-state index contributed by atoms with van der Waals surface area (Å²) < 4.78 is 10.1. The molecule has 0 amide bonds. The van der Waals surface area contributed by atoms with Crippen molar-refractivity contribution in [3.8, 4) is 5.88 Å². The number of carbonyl (C=O) groups is 1. The summed E-state index contributed by atoms with van der Waals surface area (Å²) in [5.41, 5.74) is 0.487. The molecule has 0 fully saturated rings. The van der Waals surface area contributed by atoms with Crippen molar-refractivity contribution in [2.75, 3.05) is 0 Å². The lowest BCUT2D eigenvalue weighted by atomic mass is 10.3. The van der Waals surface area contributed by atoms with Crippen molar-refractivity contribution < 1.29 is 13.9 Å². The largest absolute Gasteiger partial charge is 0.443 e. The zero-order valence-corrected chi connectivity index (χ0v) is 7.90. The second-order valence-electron chi connectivity index (χ2n) is 2.99. The minimum absolute atomic E-state index is 0.263. The van der Waals surface area contributed by atoms with Crippen LogP contribution in [0.5, 0.6) is 5.88 Å². The van der Waals surface area contributed by atoms with Crippen LogP contribution in [-0.2, 0) is 4.79 Å². The first-order chi connectivity index (χ1) is 6.65. The highest BCUT2D eigenvalue weighted by molar-refractivity contribution is 5.75. The molecular weight excluding hydrogens is 182 g/mol. The predicted octanol–water partition coefficient (Wildman–Crippen LogP) is 2.06. The molecular formula is C10H9NO3. The van der Waals surface area contributed by atoms with Gasteiger partial charge in [-0.3, -0.25) is 4.79 Å². The number of hydrogen-bond acceptors (Lipinski definition) is 4. The lowest BCUT2D eigenvalue weighted by Crippen LogP contribution is -2.02. The maximum atomic E-state index is 10.7. The molecule has 2 aromatic rings. The molecule has 0 aromatic carbocycles. The van der Waals surface area contributed by atoms with E-state index in [1.807, 2.05) is 13.0 Å². The van der Waals surface area contributed by atoms with E-state index in [0.717, 1.165) is 11.1 Å². The molecule has 2 rings (SSSR count). The van der Waals surface area contributed by atoms with Crippen LogP contribution < -0.4 is 4.74 Å². The summed E-state index contributed by atoms with van der Waals surface area (Å²) in [7, 11) is 0. The van der Waals surface area contributed by atoms with E-state index < -0.39 is 0 Å². The van der Waals surface area contributed by atoms with E-state index in [1.54, 1.807) is 12.1 Å². The summed E-state index contributed by atoms with van der Waals surface area (Å²) >= 11 is 0. The topological polar surface area (TPSA) is 52.3 Å². The van der Waals surface area contributed by atoms with Crippen molar-refractivity contribution in [2.24, 2.45) is 0 Å². The molecule has 0 aliphatic carbocycles. The van der Waals surface area contributed by atoms with Crippen LogP contribution in [0.4, 0.5) is 0 Å². The van der Waals surface area contributed by atoms with Gasteiger partial charge in [0.15, 0.2) is 0 Å². The summed E-state index contributed by atoms with van der Waals surface area (Å²) in [6.07, 6.45) is 0. The van der Waals surface area contributed by atoms with Crippen LogP contribution >= 0.6 is 0 Å². The van der Waals surface area contributed by atoms with E-state index in [0.29, 0.717) is 5.71 Å². The third-order valence-electron chi connectivity index (χ3n) is 1.73. The molecule has 0 saturated heterocycles. The van der Waals surface area contributed by atoms with E-state index >= 15 is 0 Å². The molecule has 4 heteroatoms. The van der Waals surface area contributed by atoms with Gasteiger partial charge in [-0.2, -0.15) is 4.98 Å². The second-order valence-corrected chi connectivity index (χ2v) is 2.99. The molecule has 0 N–H and O–H groups in total. The summed E-state index contributed by atoms with van der Waals surface area (Å²) in [5.74, 6) is 0.659. The molecule has 72 valence electrons. The van der Waals surface area contributed by atoms with Crippen molar-refractivity contribution in [1.82, 2.24) is 4.98 Å². The van der Waals surface area contributed by atoms with E-state index in [1.165, 1.54) is 6.92 Å². The molecule has 0 saturated carbocycles. The fraction of sp³-hybridized carbons (Fsp3) is 0.200. The van der Waals surface area contributed by atoms with Crippen LogP contribution in [0.25, 0.3) is 11.1 Å². The van der Waals surface area contributed by atoms with E-state index in [4.69, 9.17) is 9.15 Å². The number of furan rings is 1. The predicted molar refractivity (Wildman–Crippen MR) is 50.1 cm³/mol. The highest BCUT2D eigenvalue weighted by atomic mass is 16.5. The molecule has 0 unspecified atom stereocenters. The molecule has 0 bridgehead atoms. The Kier molecular flexibility index (Phi) is 1.96. The Hall–Kier alpha value is -1.84. The van der Waals surface area contributed by atoms with E-state index in [-0.39, 0.29) is 11.8 Å². The zero-order valence-electron chi connectivity index (χ0n) is 7.90. The number of nitrogens with zero attached hydrogens (tertiary/aromatic N) is 1. The Morgan fingerprint density at radius 3 is 3.00 bits per heavy atom. The molecule has 2 aromatic heterocycles. The number of aryl methyl sites for hydroxylation is 1. The van der Waals surface area contributed by atoms with Crippen LogP contribution in [0.2, 0.25) is 0 Å². The Bertz CT molecular complexity index is 487. The maximum Gasteiger partial charge on any atom is 0.309 e. The third kappa shape index (κ3) is 1.59. The van der Waals surface area contributed by atoms with Crippen LogP contribution in [0.1, 0.15) is 12.7 Å². The summed E-state index contributed by atoms with van der Waals surface area (Å²) in [6, 6.07) is 5.32. The number of fused-ring (bicyclic) bond motifs is 1. The number of ether oxygens (including phenoxy) is 1. The van der Waals surface area contributed by atoms with Gasteiger partial charge >= 0.3 is 5.97 Å². The van der Waals surface area contributed by atoms with Crippen molar-refractivity contribution >= 4 is 17.1 Å². The number of carbonyl (C=O) groups excluding carboxylic acids is 1. The van der Waals surface area contributed by atoms with Crippen LogP contribution in [-0.4, -0.2) is 11.0 Å². The Morgan fingerprint density at radius 1 is 1.50 bits per heavy atom. The molecule has 0 aliphatic heterocycles. The van der Waals surface area contributed by atoms with Gasteiger partial charge in [-0.05, 0) is 19.1 Å². The van der Waals surface area contributed by atoms with Crippen molar-refractivity contribution in [3.05, 3.63) is 24.0 Å². The smallest absolute Gasteiger partial charge is 0.309 e. The Balaban J connectivity index is 2.45. The SMILES string of the molecule is CC(=O)Oc1ccc2cc(C)oc2n1. The first kappa shape index (κ1) is 8.74. The van der Waals surface area contributed by atoms with Gasteiger partial charge in [0, 0.05) is 18.4 Å². The molecule has 0 atom stereocenters. The highest BCUT2D eigenvalue weighted by Crippen LogP contribution is 2.19. The van der Waals surface area contributed by atoms with Gasteiger partial charge in [-0.25, -0.2) is 0 Å². The van der Waals surface area contributed by atoms with Gasteiger partial charge in [0.1, 0.15) is 5.76 Å². The van der Waals surface area contributed by atoms with Gasteiger partial charge in [0.05, 0.1) is 0 Å². The van der Waals surface area contributed by atoms with Crippen molar-refractivity contribution in [3.63, 3.8) is 0 Å². The molecule has 14 heavy (non-hydrogen) atoms. The number of rotatable bonds is 1. The highest BCUT2D eigenvalue weighted by Gasteiger charge is 2.05. The molecule has 4 nitrogen and oxygen atoms in total. The van der Waals surface area contributed by atoms with Crippen molar-refractivity contribution in [1.29, 1.82) is 0 Å². The molecule has 0 aliphatic rings. The fourth-order valence-corrected chi connectivity index (χ4v) is 1.23. The third-order valence-corrected chi connectivity index (χ3v) is 1.73. The van der Waals surface area contributed by atoms with Gasteiger partial charge in [-0.15, -0.1) is 0 Å². The standard InChI is InChI=1S/C10H9NO3/c1-6-5-8-3-4-9(14-7(2)12)11-10(8)13-6/h3-5H,1-2H3. The van der Waals surface area contributed by atoms with Gasteiger partial charge < -0.3 is 9.15 Å². The minimum Gasteiger partial charge on any atom is -0.443 e. The average Bonchev–Trinajstić information content (AvgIpc) is 2.42. The van der Waals surface area contributed by atoms with Gasteiger partial charge in [-0.1, -0.05) is 0 Å². The monoisotopic (exact) mass is 191 g/mol. The van der Waals surface area contributed by atoms with Gasteiger partial charge in [0.25, 0.3) is 0 Å². The minimum atomic E-state index is -0.389. The zero-order chi connectivity index (χ0) is 10.1. The first-order valence-corrected chi connectivity index (χ1v) is 4.21. The lowest BCUT2D eigenvalue weighted by molar-refractivity contribution is -0.132. The summed E-state index contributed by atoms with van der Waals surface area (Å²) in [4.78, 5) is 14.7. The quantitative estimate of drug-likeness (QED) is 0.647. The molecule has 2 heterocycles. The molecule has 0 radical (unpaired) electrons. The normalized spacial score (nSPS) is 10.4. The molecule has 0 spiro atoms. The van der Waals surface area contributed by atoms with Crippen LogP contribution in [0, 0.1) is 6.92 Å². The lowest BCUT2D eigenvalue weighted by Gasteiger charge is -1.97. The second kappa shape index (κ2) is 3.14. The number of hydrogen-bond donors (Lipinski definition) is 0. The first-order valence-electron chi connectivity index (χ1n) is 4.21. The number of pyridine rings is 1.